The molecule has 0 aliphatic rings. The van der Waals surface area contributed by atoms with Crippen LogP contribution in [0.3, 0.4) is 0 Å². The molecule has 4 nitrogen and oxygen atoms in total. The fourth-order valence-corrected chi connectivity index (χ4v) is 3.98. The molecule has 0 aromatic heterocycles. The molecule has 0 rings (SSSR count). The van der Waals surface area contributed by atoms with Crippen LogP contribution in [0.1, 0.15) is 27.7 Å². The van der Waals surface area contributed by atoms with Crippen molar-refractivity contribution in [2.24, 2.45) is 0 Å². The summed E-state index contributed by atoms with van der Waals surface area (Å²) in [5.41, 5.74) is 0. The Balaban J connectivity index is 5.00. The summed E-state index contributed by atoms with van der Waals surface area (Å²) in [7, 11) is -2.93. The van der Waals surface area contributed by atoms with Gasteiger partial charge in [-0.1, -0.05) is 33.6 Å². The third kappa shape index (κ3) is 3.61. The predicted molar refractivity (Wildman–Crippen MR) is 68.2 cm³/mol. The minimum Gasteiger partial charge on any atom is -0.293 e. The third-order valence-electron chi connectivity index (χ3n) is 2.49. The molecule has 0 unspecified atom stereocenters. The fraction of sp³-hybridized carbons (Fsp3) is 0.818. The van der Waals surface area contributed by atoms with E-state index in [-0.39, 0.29) is 6.61 Å². The van der Waals surface area contributed by atoms with E-state index in [1.165, 1.54) is 0 Å². The highest BCUT2D eigenvalue weighted by Gasteiger charge is 2.35. The Labute approximate surface area is 99.5 Å². The van der Waals surface area contributed by atoms with Gasteiger partial charge in [0.25, 0.3) is 0 Å². The maximum absolute atomic E-state index is 12.8. The molecule has 0 saturated carbocycles. The first-order chi connectivity index (χ1) is 7.60. The second-order valence-electron chi connectivity index (χ2n) is 3.25. The molecule has 0 aromatic carbocycles. The SMILES string of the molecule is C#CCOP(=O)(N(CC)CC)N(CC)CC. The molecule has 0 aromatic rings. The van der Waals surface area contributed by atoms with Crippen molar-refractivity contribution in [1.82, 2.24) is 9.34 Å². The van der Waals surface area contributed by atoms with Gasteiger partial charge in [-0.3, -0.25) is 9.09 Å². The van der Waals surface area contributed by atoms with Gasteiger partial charge in [-0.2, -0.15) is 0 Å². The van der Waals surface area contributed by atoms with E-state index in [1.807, 2.05) is 37.0 Å². The van der Waals surface area contributed by atoms with Gasteiger partial charge in [-0.05, 0) is 0 Å². The van der Waals surface area contributed by atoms with Crippen LogP contribution in [0.25, 0.3) is 0 Å². The molecular formula is C11H23N2O2P. The van der Waals surface area contributed by atoms with E-state index in [9.17, 15) is 4.57 Å². The number of hydrogen-bond donors (Lipinski definition) is 0. The Morgan fingerprint density at radius 2 is 1.44 bits per heavy atom. The second-order valence-corrected chi connectivity index (χ2v) is 5.62. The van der Waals surface area contributed by atoms with Gasteiger partial charge >= 0.3 is 7.67 Å². The minimum atomic E-state index is -2.93. The quantitative estimate of drug-likeness (QED) is 0.486. The fourth-order valence-electron chi connectivity index (χ4n) is 1.63. The van der Waals surface area contributed by atoms with Crippen molar-refractivity contribution in [2.75, 3.05) is 32.8 Å². The van der Waals surface area contributed by atoms with Crippen LogP contribution in [-0.2, 0) is 9.09 Å². The van der Waals surface area contributed by atoms with Crippen molar-refractivity contribution >= 4 is 7.67 Å². The first-order valence-electron chi connectivity index (χ1n) is 5.79. The lowest BCUT2D eigenvalue weighted by molar-refractivity contribution is 0.235. The standard InChI is InChI=1S/C11H23N2O2P/c1-6-11-15-16(14,12(7-2)8-3)13(9-4)10-5/h1H,7-11H2,2-5H3. The Kier molecular flexibility index (Phi) is 7.70. The Morgan fingerprint density at radius 3 is 1.69 bits per heavy atom. The molecule has 0 saturated heterocycles. The molecule has 0 bridgehead atoms. The summed E-state index contributed by atoms with van der Waals surface area (Å²) in [6.45, 7) is 10.7. The summed E-state index contributed by atoms with van der Waals surface area (Å²) < 4.78 is 22.0. The predicted octanol–water partition coefficient (Wildman–Crippen LogP) is 2.43. The van der Waals surface area contributed by atoms with Gasteiger partial charge in [0.05, 0.1) is 0 Å². The maximum Gasteiger partial charge on any atom is 0.346 e. The van der Waals surface area contributed by atoms with Crippen molar-refractivity contribution in [3.8, 4) is 12.3 Å². The summed E-state index contributed by atoms with van der Waals surface area (Å²) in [5, 5.41) is 0. The summed E-state index contributed by atoms with van der Waals surface area (Å²) >= 11 is 0. The van der Waals surface area contributed by atoms with E-state index in [0.29, 0.717) is 26.2 Å². The van der Waals surface area contributed by atoms with E-state index in [1.54, 1.807) is 0 Å². The van der Waals surface area contributed by atoms with Crippen molar-refractivity contribution in [2.45, 2.75) is 27.7 Å². The molecule has 0 aliphatic carbocycles. The van der Waals surface area contributed by atoms with Crippen LogP contribution in [0.15, 0.2) is 0 Å². The smallest absolute Gasteiger partial charge is 0.293 e. The Morgan fingerprint density at radius 1 is 1.06 bits per heavy atom. The van der Waals surface area contributed by atoms with Crippen LogP contribution < -0.4 is 0 Å². The molecular weight excluding hydrogens is 223 g/mol. The van der Waals surface area contributed by atoms with Crippen molar-refractivity contribution in [3.05, 3.63) is 0 Å². The van der Waals surface area contributed by atoms with E-state index < -0.39 is 7.67 Å². The van der Waals surface area contributed by atoms with Crippen molar-refractivity contribution in [3.63, 3.8) is 0 Å². The normalized spacial score (nSPS) is 12.1. The Bertz CT molecular complexity index is 252. The lowest BCUT2D eigenvalue weighted by atomic mass is 10.7. The highest BCUT2D eigenvalue weighted by atomic mass is 31.2. The van der Waals surface area contributed by atoms with E-state index in [2.05, 4.69) is 5.92 Å². The summed E-state index contributed by atoms with van der Waals surface area (Å²) in [4.78, 5) is 0. The van der Waals surface area contributed by atoms with Crippen LogP contribution in [0.5, 0.6) is 0 Å². The number of terminal acetylenes is 1. The van der Waals surface area contributed by atoms with Gasteiger partial charge < -0.3 is 0 Å². The minimum absolute atomic E-state index is 0.0876. The van der Waals surface area contributed by atoms with Crippen LogP contribution in [0.2, 0.25) is 0 Å². The van der Waals surface area contributed by atoms with E-state index in [0.717, 1.165) is 0 Å². The Hall–Kier alpha value is -0.330. The number of nitrogens with zero attached hydrogens (tertiary/aromatic N) is 2. The zero-order valence-electron chi connectivity index (χ0n) is 10.8. The largest absolute Gasteiger partial charge is 0.346 e. The summed E-state index contributed by atoms with van der Waals surface area (Å²) in [6, 6.07) is 0. The summed E-state index contributed by atoms with van der Waals surface area (Å²) in [6.07, 6.45) is 5.17. The average Bonchev–Trinajstić information content (AvgIpc) is 2.29. The van der Waals surface area contributed by atoms with Crippen LogP contribution in [0, 0.1) is 12.3 Å². The van der Waals surface area contributed by atoms with Crippen LogP contribution >= 0.6 is 7.67 Å². The van der Waals surface area contributed by atoms with Gasteiger partial charge in [0.2, 0.25) is 0 Å². The van der Waals surface area contributed by atoms with Crippen molar-refractivity contribution in [1.29, 1.82) is 0 Å². The zero-order chi connectivity index (χ0) is 12.6. The van der Waals surface area contributed by atoms with E-state index >= 15 is 0 Å². The monoisotopic (exact) mass is 246 g/mol. The molecule has 0 aliphatic heterocycles. The molecule has 0 N–H and O–H groups in total. The van der Waals surface area contributed by atoms with E-state index in [4.69, 9.17) is 10.9 Å². The third-order valence-corrected chi connectivity index (χ3v) is 5.52. The van der Waals surface area contributed by atoms with Crippen molar-refractivity contribution < 1.29 is 9.09 Å². The number of rotatable bonds is 8. The molecule has 5 heteroatoms. The molecule has 0 atom stereocenters. The summed E-state index contributed by atoms with van der Waals surface area (Å²) in [5.74, 6) is 2.38. The lowest BCUT2D eigenvalue weighted by Crippen LogP contribution is -2.33. The van der Waals surface area contributed by atoms with Crippen LogP contribution in [-0.4, -0.2) is 42.1 Å². The molecule has 0 amide bonds. The number of hydrogen-bond acceptors (Lipinski definition) is 2. The van der Waals surface area contributed by atoms with Gasteiger partial charge in [-0.15, -0.1) is 6.42 Å². The molecule has 94 valence electrons. The van der Waals surface area contributed by atoms with Gasteiger partial charge in [0, 0.05) is 26.2 Å². The maximum atomic E-state index is 12.8. The first-order valence-corrected chi connectivity index (χ1v) is 7.32. The second kappa shape index (κ2) is 7.86. The molecule has 0 spiro atoms. The van der Waals surface area contributed by atoms with Gasteiger partial charge in [-0.25, -0.2) is 9.34 Å². The molecule has 0 fully saturated rings. The first kappa shape index (κ1) is 15.7. The highest BCUT2D eigenvalue weighted by molar-refractivity contribution is 7.53. The molecule has 0 radical (unpaired) electrons. The van der Waals surface area contributed by atoms with Crippen LogP contribution in [0.4, 0.5) is 0 Å². The van der Waals surface area contributed by atoms with Gasteiger partial charge in [0.1, 0.15) is 6.61 Å². The molecule has 16 heavy (non-hydrogen) atoms. The topological polar surface area (TPSA) is 32.8 Å². The lowest BCUT2D eigenvalue weighted by Gasteiger charge is -2.35. The average molecular weight is 246 g/mol. The zero-order valence-corrected chi connectivity index (χ0v) is 11.7. The van der Waals surface area contributed by atoms with Gasteiger partial charge in [0.15, 0.2) is 0 Å². The highest BCUT2D eigenvalue weighted by Crippen LogP contribution is 2.53. The molecule has 0 heterocycles.